The molecule has 0 aliphatic carbocycles. The SMILES string of the molecule is COOOSc1ccc(-c2ccnc3c2ccc2c(-c4ccc(S(=O)(=O)N5CCCC(C)C5)cc4)ccnc23)cc1.[Ru].c1ccc(-c2ccnc3c2ccc2c(-c4ccccc4)ccnc23)cc1.c1ccc(-c2ccnc3c2ccc2c(-c4ccccc4)ccnc23)cc1. The largest absolute Gasteiger partial charge is 0.254 e. The first-order chi connectivity index (χ1) is 45.8. The van der Waals surface area contributed by atoms with Gasteiger partial charge in [0.25, 0.3) is 0 Å². The molecule has 12 nitrogen and oxygen atoms in total. The van der Waals surface area contributed by atoms with Gasteiger partial charge in [0.05, 0.1) is 57.1 Å². The zero-order valence-corrected chi connectivity index (χ0v) is 54.7. The summed E-state index contributed by atoms with van der Waals surface area (Å²) in [7, 11) is -2.14. The molecule has 9 aromatic carbocycles. The Morgan fingerprint density at radius 2 is 0.670 bits per heavy atom. The van der Waals surface area contributed by atoms with Crippen molar-refractivity contribution in [2.45, 2.75) is 29.6 Å². The van der Waals surface area contributed by atoms with Crippen LogP contribution in [0.15, 0.2) is 290 Å². The quantitative estimate of drug-likeness (QED) is 0.0287. The van der Waals surface area contributed by atoms with Crippen LogP contribution in [0, 0.1) is 5.92 Å². The summed E-state index contributed by atoms with van der Waals surface area (Å²) < 4.78 is 33.0. The first-order valence-corrected chi connectivity index (χ1v) is 32.9. The van der Waals surface area contributed by atoms with Gasteiger partial charge in [0.2, 0.25) is 10.0 Å². The van der Waals surface area contributed by atoms with Crippen LogP contribution in [-0.4, -0.2) is 62.8 Å². The van der Waals surface area contributed by atoms with Gasteiger partial charge in [0.1, 0.15) is 0 Å². The standard InChI is InChI=1S/C31H29N3O5S2.2C24H16N2.Ru/c1-21-4-3-19-34(20-21)41(35,36)25-11-7-23(8-12-25)27-16-18-33-31-29(27)14-13-28-26(15-17-32-30(28)31)22-5-9-24(10-6-22)40-39-38-37-2;2*1-3-7-17(8-4-1)19-13-15-25-23-21(19)11-12-22-20(14-16-26-24(22)23)18-9-5-2-6-10-18;/h5-18,21H,3-4,19-20H2,1-2H3;2*1-16H;. The molecule has 0 saturated carbocycles. The van der Waals surface area contributed by atoms with Gasteiger partial charge in [-0.2, -0.15) is 4.31 Å². The van der Waals surface area contributed by atoms with E-state index in [2.05, 4.69) is 195 Å². The molecule has 15 heteroatoms. The van der Waals surface area contributed by atoms with E-state index in [1.54, 1.807) is 28.8 Å². The van der Waals surface area contributed by atoms with Crippen LogP contribution >= 0.6 is 12.0 Å². The van der Waals surface area contributed by atoms with Crippen LogP contribution in [0.3, 0.4) is 0 Å². The second kappa shape index (κ2) is 28.6. The third-order valence-corrected chi connectivity index (χ3v) is 19.5. The third kappa shape index (κ3) is 13.0. The maximum atomic E-state index is 13.3. The van der Waals surface area contributed by atoms with E-state index in [0.29, 0.717) is 23.9 Å². The molecule has 16 rings (SSSR count). The van der Waals surface area contributed by atoms with Gasteiger partial charge in [-0.25, -0.2) is 13.3 Å². The summed E-state index contributed by atoms with van der Waals surface area (Å²) in [6.07, 6.45) is 13.0. The van der Waals surface area contributed by atoms with Crippen LogP contribution in [0.5, 0.6) is 0 Å². The van der Waals surface area contributed by atoms with Gasteiger partial charge in [-0.05, 0) is 146 Å². The second-order valence-electron chi connectivity index (χ2n) is 22.7. The van der Waals surface area contributed by atoms with Gasteiger partial charge >= 0.3 is 0 Å². The van der Waals surface area contributed by atoms with Crippen LogP contribution in [0.1, 0.15) is 19.8 Å². The Balaban J connectivity index is 0.000000133. The Morgan fingerprint density at radius 1 is 0.383 bits per heavy atom. The number of nitrogens with zero attached hydrogens (tertiary/aromatic N) is 7. The molecule has 15 aromatic rings. The fourth-order valence-electron chi connectivity index (χ4n) is 12.6. The number of pyridine rings is 6. The van der Waals surface area contributed by atoms with E-state index in [0.717, 1.165) is 117 Å². The Labute approximate surface area is 562 Å². The summed E-state index contributed by atoms with van der Waals surface area (Å²) in [5.74, 6) is 0.374. The number of hydrogen-bond acceptors (Lipinski definition) is 12. The topological polar surface area (TPSA) is 142 Å². The number of benzene rings is 9. The van der Waals surface area contributed by atoms with Crippen molar-refractivity contribution in [1.82, 2.24) is 34.2 Å². The number of rotatable bonds is 12. The minimum atomic E-state index is -3.51. The zero-order valence-electron chi connectivity index (χ0n) is 51.3. The maximum absolute atomic E-state index is 13.3. The third-order valence-electron chi connectivity index (χ3n) is 17.0. The molecule has 0 N–H and O–H groups in total. The molecule has 0 bridgehead atoms. The number of sulfonamides is 1. The van der Waals surface area contributed by atoms with E-state index in [-0.39, 0.29) is 19.5 Å². The predicted octanol–water partition coefficient (Wildman–Crippen LogP) is 19.3. The van der Waals surface area contributed by atoms with E-state index in [9.17, 15) is 8.42 Å². The molecular weight excluding hydrogens is 1290 g/mol. The van der Waals surface area contributed by atoms with Crippen LogP contribution < -0.4 is 0 Å². The molecule has 0 amide bonds. The van der Waals surface area contributed by atoms with Crippen LogP contribution in [0.4, 0.5) is 0 Å². The number of hydrogen-bond donors (Lipinski definition) is 0. The monoisotopic (exact) mass is 1350 g/mol. The first kappa shape index (κ1) is 63.0. The molecular formula is C79H61N7O5RuS2. The summed E-state index contributed by atoms with van der Waals surface area (Å²) in [5.41, 5.74) is 18.9. The normalized spacial score (nSPS) is 13.3. The fraction of sp³-hybridized carbons (Fsp3) is 0.0886. The Hall–Kier alpha value is -9.80. The van der Waals surface area contributed by atoms with Crippen LogP contribution in [0.25, 0.3) is 132 Å². The summed E-state index contributed by atoms with van der Waals surface area (Å²) in [6, 6.07) is 81.9. The van der Waals surface area contributed by atoms with Gasteiger partial charge in [0, 0.05) is 107 Å². The molecule has 94 heavy (non-hydrogen) atoms. The van der Waals surface area contributed by atoms with Crippen molar-refractivity contribution in [1.29, 1.82) is 0 Å². The number of aromatic nitrogens is 6. The molecule has 1 saturated heterocycles. The molecule has 0 spiro atoms. The van der Waals surface area contributed by atoms with Crippen molar-refractivity contribution < 1.29 is 42.2 Å². The molecule has 1 fully saturated rings. The smallest absolute Gasteiger partial charge is 0.243 e. The molecule has 462 valence electrons. The molecule has 1 aliphatic heterocycles. The van der Waals surface area contributed by atoms with Crippen molar-refractivity contribution in [2.75, 3.05) is 20.2 Å². The molecule has 1 aliphatic rings. The number of fused-ring (bicyclic) bond motifs is 9. The zero-order chi connectivity index (χ0) is 63.1. The molecule has 6 aromatic heterocycles. The summed E-state index contributed by atoms with van der Waals surface area (Å²) in [4.78, 5) is 33.7. The second-order valence-corrected chi connectivity index (χ2v) is 25.4. The van der Waals surface area contributed by atoms with E-state index in [1.807, 2.05) is 97.6 Å². The predicted molar refractivity (Wildman–Crippen MR) is 376 cm³/mol. The van der Waals surface area contributed by atoms with Gasteiger partial charge in [-0.1, -0.05) is 194 Å². The molecule has 7 heterocycles. The van der Waals surface area contributed by atoms with Gasteiger partial charge in [-0.15, -0.1) is 4.33 Å². The average molecular weight is 1350 g/mol. The van der Waals surface area contributed by atoms with E-state index >= 15 is 0 Å². The Morgan fingerprint density at radius 3 is 0.957 bits per heavy atom. The van der Waals surface area contributed by atoms with Gasteiger partial charge in [0.15, 0.2) is 0 Å². The van der Waals surface area contributed by atoms with Crippen LogP contribution in [-0.2, 0) is 43.8 Å². The molecule has 1 atom stereocenters. The van der Waals surface area contributed by atoms with Crippen molar-refractivity contribution in [3.05, 3.63) is 280 Å². The van der Waals surface area contributed by atoms with E-state index in [4.69, 9.17) is 14.3 Å². The first-order valence-electron chi connectivity index (χ1n) is 30.7. The average Bonchev–Trinajstić information content (AvgIpc) is 0.778. The Bertz CT molecular complexity index is 4890. The Kier molecular flexibility index (Phi) is 19.2. The van der Waals surface area contributed by atoms with Crippen molar-refractivity contribution in [2.24, 2.45) is 5.92 Å². The number of piperidine rings is 1. The van der Waals surface area contributed by atoms with Crippen molar-refractivity contribution in [3.8, 4) is 66.8 Å². The fourth-order valence-corrected chi connectivity index (χ4v) is 14.6. The minimum absolute atomic E-state index is 0. The van der Waals surface area contributed by atoms with Crippen LogP contribution in [0.2, 0.25) is 0 Å². The summed E-state index contributed by atoms with van der Waals surface area (Å²) in [5, 5.41) is 10.9. The molecule has 1 unspecified atom stereocenters. The van der Waals surface area contributed by atoms with Gasteiger partial charge in [-0.3, -0.25) is 29.9 Å². The van der Waals surface area contributed by atoms with Gasteiger partial charge < -0.3 is 0 Å². The maximum Gasteiger partial charge on any atom is 0.243 e. The minimum Gasteiger partial charge on any atom is -0.254 e. The summed E-state index contributed by atoms with van der Waals surface area (Å²) >= 11 is 1.06. The van der Waals surface area contributed by atoms with E-state index < -0.39 is 10.0 Å². The summed E-state index contributed by atoms with van der Waals surface area (Å²) in [6.45, 7) is 3.25. The molecule has 0 radical (unpaired) electrons. The van der Waals surface area contributed by atoms with Crippen molar-refractivity contribution >= 4 is 87.5 Å². The van der Waals surface area contributed by atoms with E-state index in [1.165, 1.54) is 51.6 Å². The van der Waals surface area contributed by atoms with Crippen molar-refractivity contribution in [3.63, 3.8) is 0 Å².